The van der Waals surface area contributed by atoms with E-state index in [0.717, 1.165) is 27.7 Å². The number of rotatable bonds is 3. The maximum atomic E-state index is 13.5. The van der Waals surface area contributed by atoms with Gasteiger partial charge < -0.3 is 19.7 Å². The molecule has 4 aromatic rings. The number of amides is 1. The number of hydrogen-bond acceptors (Lipinski definition) is 5. The third-order valence-electron chi connectivity index (χ3n) is 7.00. The van der Waals surface area contributed by atoms with Crippen LogP contribution in [0.15, 0.2) is 78.5 Å². The number of H-pyrrole nitrogens is 1. The van der Waals surface area contributed by atoms with Gasteiger partial charge in [-0.1, -0.05) is 35.9 Å². The van der Waals surface area contributed by atoms with Gasteiger partial charge in [-0.15, -0.1) is 0 Å². The van der Waals surface area contributed by atoms with Crippen molar-refractivity contribution in [1.82, 2.24) is 4.98 Å². The minimum atomic E-state index is -0.797. The summed E-state index contributed by atoms with van der Waals surface area (Å²) >= 11 is 0. The third-order valence-corrected chi connectivity index (χ3v) is 7.00. The van der Waals surface area contributed by atoms with Crippen molar-refractivity contribution in [1.29, 1.82) is 0 Å². The predicted octanol–water partition coefficient (Wildman–Crippen LogP) is 4.93. The second kappa shape index (κ2) is 8.30. The molecular formula is C29H25N3O4. The number of para-hydroxylation sites is 1. The molecule has 2 N–H and O–H groups in total. The fraction of sp³-hybridized carbons (Fsp3) is 0.172. The molecule has 0 aliphatic carbocycles. The van der Waals surface area contributed by atoms with E-state index in [1.165, 1.54) is 4.90 Å². The molecule has 1 fully saturated rings. The van der Waals surface area contributed by atoms with Gasteiger partial charge in [0, 0.05) is 41.0 Å². The first-order chi connectivity index (χ1) is 17.4. The molecule has 7 heteroatoms. The van der Waals surface area contributed by atoms with Crippen LogP contribution in [0.3, 0.4) is 0 Å². The number of aromatic nitrogens is 1. The number of ether oxygens (including phenoxy) is 1. The summed E-state index contributed by atoms with van der Waals surface area (Å²) < 4.78 is 5.73. The molecule has 36 heavy (non-hydrogen) atoms. The average molecular weight is 480 g/mol. The Morgan fingerprint density at radius 1 is 1.06 bits per heavy atom. The van der Waals surface area contributed by atoms with E-state index in [4.69, 9.17) is 4.74 Å². The average Bonchev–Trinajstić information content (AvgIpc) is 3.43. The molecule has 1 saturated heterocycles. The number of ketones is 1. The van der Waals surface area contributed by atoms with Gasteiger partial charge in [-0.05, 0) is 43.3 Å². The van der Waals surface area contributed by atoms with E-state index < -0.39 is 17.7 Å². The topological polar surface area (TPSA) is 85.9 Å². The molecule has 1 atom stereocenters. The molecule has 0 radical (unpaired) electrons. The van der Waals surface area contributed by atoms with Gasteiger partial charge in [0.1, 0.15) is 18.1 Å². The lowest BCUT2D eigenvalue weighted by Crippen LogP contribution is -2.29. The zero-order valence-electron chi connectivity index (χ0n) is 20.0. The number of likely N-dealkylation sites (N-methyl/N-ethyl adjacent to an activating group) is 1. The normalized spacial score (nSPS) is 19.0. The lowest BCUT2D eigenvalue weighted by atomic mass is 9.94. The number of nitrogens with one attached hydrogen (secondary N) is 1. The number of hydrogen-bond donors (Lipinski definition) is 2. The molecule has 2 aliphatic rings. The number of benzene rings is 3. The number of aliphatic hydroxyl groups excluding tert-OH is 1. The van der Waals surface area contributed by atoms with E-state index in [2.05, 4.69) is 4.98 Å². The summed E-state index contributed by atoms with van der Waals surface area (Å²) in [5, 5.41) is 12.4. The van der Waals surface area contributed by atoms with Gasteiger partial charge >= 0.3 is 0 Å². The van der Waals surface area contributed by atoms with Crippen molar-refractivity contribution in [3.05, 3.63) is 95.2 Å². The molecule has 7 nitrogen and oxygen atoms in total. The summed E-state index contributed by atoms with van der Waals surface area (Å²) in [4.78, 5) is 33.7. The van der Waals surface area contributed by atoms with Crippen molar-refractivity contribution in [3.8, 4) is 5.75 Å². The third kappa shape index (κ3) is 3.35. The standard InChI is InChI=1S/C29H25N3O4/c1-17-7-10-19(11-8-17)32-26(21-16-30-22-6-4-3-5-20(21)22)25(28(34)29(32)35)27(33)18-9-12-24-23(15-18)31(2)13-14-36-24/h3-12,15-16,26,30,33H,13-14H2,1-2H3/b27-25+. The zero-order valence-corrected chi connectivity index (χ0v) is 20.0. The maximum absolute atomic E-state index is 13.5. The molecular weight excluding hydrogens is 454 g/mol. The number of carbonyl (C=O) groups excluding carboxylic acids is 2. The molecule has 3 heterocycles. The van der Waals surface area contributed by atoms with Crippen LogP contribution in [0.2, 0.25) is 0 Å². The minimum Gasteiger partial charge on any atom is -0.507 e. The molecule has 1 amide bonds. The summed E-state index contributed by atoms with van der Waals surface area (Å²) in [7, 11) is 1.95. The lowest BCUT2D eigenvalue weighted by molar-refractivity contribution is -0.132. The molecule has 2 aliphatic heterocycles. The maximum Gasteiger partial charge on any atom is 0.300 e. The highest BCUT2D eigenvalue weighted by atomic mass is 16.5. The Morgan fingerprint density at radius 2 is 1.83 bits per heavy atom. The second-order valence-electron chi connectivity index (χ2n) is 9.25. The Morgan fingerprint density at radius 3 is 2.64 bits per heavy atom. The molecule has 0 bridgehead atoms. The largest absolute Gasteiger partial charge is 0.507 e. The predicted molar refractivity (Wildman–Crippen MR) is 139 cm³/mol. The van der Waals surface area contributed by atoms with E-state index in [1.54, 1.807) is 18.2 Å². The van der Waals surface area contributed by atoms with Crippen LogP contribution in [0.1, 0.15) is 22.7 Å². The number of fused-ring (bicyclic) bond motifs is 2. The Hall–Kier alpha value is -4.52. The van der Waals surface area contributed by atoms with Gasteiger partial charge in [0.05, 0.1) is 23.8 Å². The van der Waals surface area contributed by atoms with Crippen molar-refractivity contribution in [2.75, 3.05) is 30.0 Å². The van der Waals surface area contributed by atoms with E-state index in [-0.39, 0.29) is 11.3 Å². The fourth-order valence-corrected chi connectivity index (χ4v) is 5.07. The van der Waals surface area contributed by atoms with Crippen LogP contribution < -0.4 is 14.5 Å². The number of nitrogens with zero attached hydrogens (tertiary/aromatic N) is 2. The van der Waals surface area contributed by atoms with Gasteiger partial charge in [0.15, 0.2) is 0 Å². The van der Waals surface area contributed by atoms with Gasteiger partial charge in [-0.25, -0.2) is 0 Å². The van der Waals surface area contributed by atoms with E-state index in [0.29, 0.717) is 30.2 Å². The van der Waals surface area contributed by atoms with Crippen molar-refractivity contribution in [2.24, 2.45) is 0 Å². The van der Waals surface area contributed by atoms with Crippen LogP contribution in [-0.4, -0.2) is 42.0 Å². The van der Waals surface area contributed by atoms with Crippen molar-refractivity contribution >= 4 is 39.7 Å². The van der Waals surface area contributed by atoms with Gasteiger partial charge in [-0.2, -0.15) is 0 Å². The van der Waals surface area contributed by atoms with Crippen molar-refractivity contribution in [3.63, 3.8) is 0 Å². The van der Waals surface area contributed by atoms with E-state index >= 15 is 0 Å². The van der Waals surface area contributed by atoms with Crippen LogP contribution in [0.4, 0.5) is 11.4 Å². The van der Waals surface area contributed by atoms with Crippen LogP contribution in [0.25, 0.3) is 16.7 Å². The summed E-state index contributed by atoms with van der Waals surface area (Å²) in [6.45, 7) is 3.26. The molecule has 180 valence electrons. The van der Waals surface area contributed by atoms with Crippen molar-refractivity contribution in [2.45, 2.75) is 13.0 Å². The smallest absolute Gasteiger partial charge is 0.300 e. The number of Topliss-reactive ketones (excluding diaryl/α,β-unsaturated/α-hetero) is 1. The number of carbonyl (C=O) groups is 2. The fourth-order valence-electron chi connectivity index (χ4n) is 5.07. The first-order valence-electron chi connectivity index (χ1n) is 11.9. The minimum absolute atomic E-state index is 0.0599. The van der Waals surface area contributed by atoms with E-state index in [9.17, 15) is 14.7 Å². The van der Waals surface area contributed by atoms with Crippen LogP contribution in [0, 0.1) is 6.92 Å². The highest BCUT2D eigenvalue weighted by Crippen LogP contribution is 2.45. The molecule has 6 rings (SSSR count). The highest BCUT2D eigenvalue weighted by molar-refractivity contribution is 6.51. The highest BCUT2D eigenvalue weighted by Gasteiger charge is 2.47. The summed E-state index contributed by atoms with van der Waals surface area (Å²) in [6, 6.07) is 19.7. The van der Waals surface area contributed by atoms with Gasteiger partial charge in [0.2, 0.25) is 0 Å². The quantitative estimate of drug-likeness (QED) is 0.247. The van der Waals surface area contributed by atoms with Crippen LogP contribution in [-0.2, 0) is 9.59 Å². The molecule has 0 saturated carbocycles. The SMILES string of the molecule is Cc1ccc(N2C(=O)C(=O)/C(=C(/O)c3ccc4c(c3)N(C)CCO4)C2c2c[nH]c3ccccc23)cc1. The lowest BCUT2D eigenvalue weighted by Gasteiger charge is -2.28. The molecule has 0 spiro atoms. The van der Waals surface area contributed by atoms with Crippen LogP contribution >= 0.6 is 0 Å². The van der Waals surface area contributed by atoms with Gasteiger partial charge in [-0.3, -0.25) is 14.5 Å². The summed E-state index contributed by atoms with van der Waals surface area (Å²) in [5.74, 6) is -0.881. The Kier molecular flexibility index (Phi) is 5.07. The van der Waals surface area contributed by atoms with Crippen molar-refractivity contribution < 1.29 is 19.4 Å². The molecule has 1 aromatic heterocycles. The van der Waals surface area contributed by atoms with E-state index in [1.807, 2.05) is 73.6 Å². The summed E-state index contributed by atoms with van der Waals surface area (Å²) in [6.07, 6.45) is 1.81. The molecule has 1 unspecified atom stereocenters. The Labute approximate surface area is 208 Å². The monoisotopic (exact) mass is 479 g/mol. The number of anilines is 2. The van der Waals surface area contributed by atoms with Crippen LogP contribution in [0.5, 0.6) is 5.75 Å². The first-order valence-corrected chi connectivity index (χ1v) is 11.9. The number of aliphatic hydroxyl groups is 1. The Balaban J connectivity index is 1.58. The van der Waals surface area contributed by atoms with Gasteiger partial charge in [0.25, 0.3) is 11.7 Å². The molecule has 3 aromatic carbocycles. The first kappa shape index (κ1) is 22.0. The zero-order chi connectivity index (χ0) is 25.0. The second-order valence-corrected chi connectivity index (χ2v) is 9.25. The number of aryl methyl sites for hydroxylation is 1. The Bertz CT molecular complexity index is 1550. The summed E-state index contributed by atoms with van der Waals surface area (Å²) in [5.41, 5.74) is 4.60. The number of aromatic amines is 1.